The maximum atomic E-state index is 12.5. The third kappa shape index (κ3) is 7.02. The van der Waals surface area contributed by atoms with Crippen LogP contribution in [0.1, 0.15) is 29.5 Å². The molecule has 1 heterocycles. The molecule has 0 atom stereocenters. The molecule has 1 aliphatic heterocycles. The van der Waals surface area contributed by atoms with E-state index in [9.17, 15) is 9.59 Å². The van der Waals surface area contributed by atoms with Gasteiger partial charge in [-0.3, -0.25) is 14.5 Å². The van der Waals surface area contributed by atoms with Crippen LogP contribution in [0.2, 0.25) is 0 Å². The topological polar surface area (TPSA) is 52.6 Å². The van der Waals surface area contributed by atoms with Gasteiger partial charge < -0.3 is 10.2 Å². The summed E-state index contributed by atoms with van der Waals surface area (Å²) in [5, 5.41) is 2.87. The van der Waals surface area contributed by atoms with Crippen molar-refractivity contribution in [1.82, 2.24) is 15.1 Å². The molecule has 1 fully saturated rings. The fourth-order valence-corrected chi connectivity index (χ4v) is 3.64. The van der Waals surface area contributed by atoms with Gasteiger partial charge in [0.05, 0.1) is 6.42 Å². The molecule has 2 aromatic rings. The first kappa shape index (κ1) is 21.1. The van der Waals surface area contributed by atoms with Crippen molar-refractivity contribution >= 4 is 11.8 Å². The summed E-state index contributed by atoms with van der Waals surface area (Å²) in [5.41, 5.74) is 3.58. The van der Waals surface area contributed by atoms with Gasteiger partial charge in [-0.05, 0) is 24.5 Å². The van der Waals surface area contributed by atoms with Crippen LogP contribution in [-0.4, -0.2) is 54.3 Å². The summed E-state index contributed by atoms with van der Waals surface area (Å²) >= 11 is 0. The van der Waals surface area contributed by atoms with Gasteiger partial charge in [0.2, 0.25) is 11.8 Å². The Morgan fingerprint density at radius 1 is 0.897 bits per heavy atom. The molecule has 0 bridgehead atoms. The molecule has 2 aromatic carbocycles. The van der Waals surface area contributed by atoms with Crippen molar-refractivity contribution in [2.75, 3.05) is 32.7 Å². The Bertz CT molecular complexity index is 790. The van der Waals surface area contributed by atoms with Gasteiger partial charge in [0.25, 0.3) is 0 Å². The molecular formula is C24H31N3O2. The summed E-state index contributed by atoms with van der Waals surface area (Å²) in [7, 11) is 0. The Labute approximate surface area is 173 Å². The summed E-state index contributed by atoms with van der Waals surface area (Å²) in [6, 6.07) is 18.3. The van der Waals surface area contributed by atoms with Gasteiger partial charge in [0.15, 0.2) is 0 Å². The fourth-order valence-electron chi connectivity index (χ4n) is 3.64. The predicted molar refractivity (Wildman–Crippen MR) is 115 cm³/mol. The lowest BCUT2D eigenvalue weighted by Crippen LogP contribution is -2.37. The van der Waals surface area contributed by atoms with Gasteiger partial charge in [0.1, 0.15) is 0 Å². The number of hydrogen-bond donors (Lipinski definition) is 1. The molecule has 154 valence electrons. The average molecular weight is 394 g/mol. The normalized spacial score (nSPS) is 15.0. The molecule has 1 N–H and O–H groups in total. The van der Waals surface area contributed by atoms with Crippen LogP contribution in [-0.2, 0) is 22.6 Å². The van der Waals surface area contributed by atoms with Gasteiger partial charge in [-0.25, -0.2) is 0 Å². The second-order valence-electron chi connectivity index (χ2n) is 7.76. The second-order valence-corrected chi connectivity index (χ2v) is 7.76. The highest BCUT2D eigenvalue weighted by atomic mass is 16.2. The molecule has 0 radical (unpaired) electrons. The summed E-state index contributed by atoms with van der Waals surface area (Å²) < 4.78 is 0. The lowest BCUT2D eigenvalue weighted by Gasteiger charge is -2.22. The Morgan fingerprint density at radius 3 is 2.41 bits per heavy atom. The molecular weight excluding hydrogens is 362 g/mol. The minimum Gasteiger partial charge on any atom is -0.355 e. The number of nitrogens with zero attached hydrogens (tertiary/aromatic N) is 2. The van der Waals surface area contributed by atoms with E-state index in [2.05, 4.69) is 41.4 Å². The lowest BCUT2D eigenvalue weighted by molar-refractivity contribution is -0.131. The third-order valence-electron chi connectivity index (χ3n) is 5.34. The average Bonchev–Trinajstić information content (AvgIpc) is 2.96. The number of carbonyl (C=O) groups is 2. The Hall–Kier alpha value is -2.66. The van der Waals surface area contributed by atoms with E-state index >= 15 is 0 Å². The number of rotatable bonds is 7. The molecule has 0 spiro atoms. The van der Waals surface area contributed by atoms with Gasteiger partial charge >= 0.3 is 0 Å². The number of amides is 2. The zero-order chi connectivity index (χ0) is 20.5. The largest absolute Gasteiger partial charge is 0.355 e. The molecule has 2 amide bonds. The van der Waals surface area contributed by atoms with Gasteiger partial charge in [-0.2, -0.15) is 0 Å². The first-order valence-electron chi connectivity index (χ1n) is 10.5. The van der Waals surface area contributed by atoms with E-state index in [1.165, 1.54) is 11.1 Å². The molecule has 1 aliphatic rings. The van der Waals surface area contributed by atoms with Crippen LogP contribution in [0.3, 0.4) is 0 Å². The van der Waals surface area contributed by atoms with E-state index in [-0.39, 0.29) is 11.8 Å². The molecule has 29 heavy (non-hydrogen) atoms. The number of benzene rings is 2. The summed E-state index contributed by atoms with van der Waals surface area (Å²) in [5.74, 6) is 0.0892. The van der Waals surface area contributed by atoms with Crippen LogP contribution in [0.15, 0.2) is 54.6 Å². The summed E-state index contributed by atoms with van der Waals surface area (Å²) in [6.07, 6.45) is 1.70. The highest BCUT2D eigenvalue weighted by molar-refractivity contribution is 5.80. The van der Waals surface area contributed by atoms with Crippen LogP contribution in [0.4, 0.5) is 0 Å². The van der Waals surface area contributed by atoms with Crippen LogP contribution in [0.5, 0.6) is 0 Å². The smallest absolute Gasteiger partial charge is 0.224 e. The van der Waals surface area contributed by atoms with Crippen molar-refractivity contribution in [3.63, 3.8) is 0 Å². The van der Waals surface area contributed by atoms with E-state index < -0.39 is 0 Å². The first-order valence-corrected chi connectivity index (χ1v) is 10.5. The number of carbonyl (C=O) groups excluding carboxylic acids is 2. The second kappa shape index (κ2) is 10.8. The standard InChI is InChI=1S/C24H31N3O2/c1-20-8-10-22(11-9-20)19-26-14-5-15-27(17-16-26)24(29)12-13-25-23(28)18-21-6-3-2-4-7-21/h2-4,6-11H,5,12-19H2,1H3,(H,25,28). The summed E-state index contributed by atoms with van der Waals surface area (Å²) in [6.45, 7) is 6.87. The van der Waals surface area contributed by atoms with E-state index in [0.29, 0.717) is 19.4 Å². The van der Waals surface area contributed by atoms with Crippen LogP contribution in [0, 0.1) is 6.92 Å². The SMILES string of the molecule is Cc1ccc(CN2CCCN(C(=O)CCNC(=O)Cc3ccccc3)CC2)cc1. The predicted octanol–water partition coefficient (Wildman–Crippen LogP) is 2.78. The quantitative estimate of drug-likeness (QED) is 0.787. The molecule has 3 rings (SSSR count). The van der Waals surface area contributed by atoms with Crippen molar-refractivity contribution in [1.29, 1.82) is 0 Å². The van der Waals surface area contributed by atoms with Gasteiger partial charge in [-0.15, -0.1) is 0 Å². The summed E-state index contributed by atoms with van der Waals surface area (Å²) in [4.78, 5) is 28.9. The molecule has 1 saturated heterocycles. The molecule has 0 aromatic heterocycles. The van der Waals surface area contributed by atoms with Crippen molar-refractivity contribution in [2.24, 2.45) is 0 Å². The highest BCUT2D eigenvalue weighted by Crippen LogP contribution is 2.11. The van der Waals surface area contributed by atoms with E-state index in [4.69, 9.17) is 0 Å². The zero-order valence-electron chi connectivity index (χ0n) is 17.3. The van der Waals surface area contributed by atoms with Gasteiger partial charge in [0, 0.05) is 45.7 Å². The van der Waals surface area contributed by atoms with Crippen molar-refractivity contribution < 1.29 is 9.59 Å². The maximum absolute atomic E-state index is 12.5. The Kier molecular flexibility index (Phi) is 7.82. The minimum atomic E-state index is -0.0378. The maximum Gasteiger partial charge on any atom is 0.224 e. The fraction of sp³-hybridized carbons (Fsp3) is 0.417. The molecule has 0 saturated carbocycles. The monoisotopic (exact) mass is 393 g/mol. The zero-order valence-corrected chi connectivity index (χ0v) is 17.3. The van der Waals surface area contributed by atoms with E-state index in [1.54, 1.807) is 0 Å². The molecule has 5 nitrogen and oxygen atoms in total. The first-order chi connectivity index (χ1) is 14.1. The van der Waals surface area contributed by atoms with Crippen molar-refractivity contribution in [3.05, 3.63) is 71.3 Å². The highest BCUT2D eigenvalue weighted by Gasteiger charge is 2.19. The van der Waals surface area contributed by atoms with Crippen molar-refractivity contribution in [3.8, 4) is 0 Å². The third-order valence-corrected chi connectivity index (χ3v) is 5.34. The van der Waals surface area contributed by atoms with E-state index in [1.807, 2.05) is 35.2 Å². The molecule has 5 heteroatoms. The lowest BCUT2D eigenvalue weighted by atomic mass is 10.1. The number of aryl methyl sites for hydroxylation is 1. The van der Waals surface area contributed by atoms with Crippen molar-refractivity contribution in [2.45, 2.75) is 32.7 Å². The van der Waals surface area contributed by atoms with Crippen LogP contribution in [0.25, 0.3) is 0 Å². The molecule has 0 aliphatic carbocycles. The van der Waals surface area contributed by atoms with Crippen LogP contribution < -0.4 is 5.32 Å². The van der Waals surface area contributed by atoms with E-state index in [0.717, 1.165) is 44.7 Å². The number of hydrogen-bond acceptors (Lipinski definition) is 3. The Balaban J connectivity index is 1.37. The minimum absolute atomic E-state index is 0.0378. The Morgan fingerprint density at radius 2 is 1.66 bits per heavy atom. The van der Waals surface area contributed by atoms with Crippen LogP contribution >= 0.6 is 0 Å². The van der Waals surface area contributed by atoms with Gasteiger partial charge in [-0.1, -0.05) is 60.2 Å². The number of nitrogens with one attached hydrogen (secondary N) is 1. The molecule has 0 unspecified atom stereocenters.